The topological polar surface area (TPSA) is 63.9 Å². The summed E-state index contributed by atoms with van der Waals surface area (Å²) in [5.41, 5.74) is 1.28. The lowest BCUT2D eigenvalue weighted by Gasteiger charge is -2.21. The molecule has 158 valence electrons. The number of rotatable bonds is 10. The monoisotopic (exact) mass is 399 g/mol. The van der Waals surface area contributed by atoms with Crippen LogP contribution in [0.1, 0.15) is 17.8 Å². The van der Waals surface area contributed by atoms with Crippen molar-refractivity contribution in [2.45, 2.75) is 19.4 Å². The lowest BCUT2D eigenvalue weighted by molar-refractivity contribution is 0.0536. The fraction of sp³-hybridized carbons (Fsp3) is 0.545. The predicted molar refractivity (Wildman–Crippen MR) is 115 cm³/mol. The van der Waals surface area contributed by atoms with Gasteiger partial charge in [0.2, 0.25) is 0 Å². The van der Waals surface area contributed by atoms with Gasteiger partial charge >= 0.3 is 0 Å². The van der Waals surface area contributed by atoms with Gasteiger partial charge in [-0.15, -0.1) is 0 Å². The van der Waals surface area contributed by atoms with Crippen LogP contribution in [0.15, 0.2) is 47.7 Å². The van der Waals surface area contributed by atoms with E-state index in [4.69, 9.17) is 9.47 Å². The van der Waals surface area contributed by atoms with E-state index in [-0.39, 0.29) is 0 Å². The highest BCUT2D eigenvalue weighted by Gasteiger charge is 2.24. The highest BCUT2D eigenvalue weighted by atomic mass is 16.5. The summed E-state index contributed by atoms with van der Waals surface area (Å²) in [6.07, 6.45) is 5.92. The van der Waals surface area contributed by atoms with Gasteiger partial charge in [-0.3, -0.25) is 4.99 Å². The quantitative estimate of drug-likeness (QED) is 0.376. The Morgan fingerprint density at radius 3 is 2.93 bits per heavy atom. The highest BCUT2D eigenvalue weighted by Crippen LogP contribution is 2.16. The second kappa shape index (κ2) is 11.6. The molecule has 0 aliphatic carbocycles. The van der Waals surface area contributed by atoms with Gasteiger partial charge in [-0.1, -0.05) is 30.3 Å². The van der Waals surface area contributed by atoms with Crippen molar-refractivity contribution in [2.75, 3.05) is 53.6 Å². The highest BCUT2D eigenvalue weighted by molar-refractivity contribution is 5.80. The van der Waals surface area contributed by atoms with E-state index in [1.807, 2.05) is 25.5 Å². The Morgan fingerprint density at radius 2 is 2.14 bits per heavy atom. The molecule has 7 nitrogen and oxygen atoms in total. The number of ether oxygens (including phenoxy) is 2. The van der Waals surface area contributed by atoms with Crippen molar-refractivity contribution >= 4 is 5.96 Å². The van der Waals surface area contributed by atoms with Crippen LogP contribution in [0.5, 0.6) is 0 Å². The maximum Gasteiger partial charge on any atom is 0.193 e. The van der Waals surface area contributed by atoms with Gasteiger partial charge < -0.3 is 24.3 Å². The molecule has 1 N–H and O–H groups in total. The third kappa shape index (κ3) is 6.58. The number of guanidine groups is 1. The van der Waals surface area contributed by atoms with E-state index in [0.717, 1.165) is 57.4 Å². The average Bonchev–Trinajstić information content (AvgIpc) is 3.39. The van der Waals surface area contributed by atoms with Crippen molar-refractivity contribution in [2.24, 2.45) is 10.9 Å². The molecule has 2 heterocycles. The van der Waals surface area contributed by atoms with Crippen molar-refractivity contribution in [3.8, 4) is 0 Å². The number of nitrogens with one attached hydrogen (secondary N) is 1. The molecule has 0 spiro atoms. The summed E-state index contributed by atoms with van der Waals surface area (Å²) in [6.45, 7) is 5.75. The first-order chi connectivity index (χ1) is 14.3. The molecule has 1 aromatic carbocycles. The van der Waals surface area contributed by atoms with Crippen molar-refractivity contribution in [3.05, 3.63) is 54.1 Å². The van der Waals surface area contributed by atoms with Crippen molar-refractivity contribution in [1.82, 2.24) is 19.8 Å². The van der Waals surface area contributed by atoms with E-state index in [2.05, 4.69) is 49.0 Å². The normalized spacial score (nSPS) is 17.1. The molecule has 1 atom stereocenters. The molecule has 1 saturated heterocycles. The van der Waals surface area contributed by atoms with Crippen LogP contribution in [0, 0.1) is 5.92 Å². The molecule has 1 aliphatic rings. The number of hydrogen-bond acceptors (Lipinski definition) is 4. The first-order valence-electron chi connectivity index (χ1n) is 10.4. The second-order valence-electron chi connectivity index (χ2n) is 7.35. The van der Waals surface area contributed by atoms with Crippen molar-refractivity contribution < 1.29 is 9.47 Å². The SMILES string of the molecule is CN=C(NCCc1nccn1Cc1ccccc1)N1CCC(COCCOC)C1. The number of methoxy groups -OCH3 is 1. The van der Waals surface area contributed by atoms with Crippen LogP contribution in [0.25, 0.3) is 0 Å². The Labute approximate surface area is 173 Å². The largest absolute Gasteiger partial charge is 0.382 e. The fourth-order valence-corrected chi connectivity index (χ4v) is 3.66. The minimum Gasteiger partial charge on any atom is -0.382 e. The Morgan fingerprint density at radius 1 is 1.28 bits per heavy atom. The summed E-state index contributed by atoms with van der Waals surface area (Å²) >= 11 is 0. The zero-order valence-electron chi connectivity index (χ0n) is 17.6. The molecule has 1 fully saturated rings. The summed E-state index contributed by atoms with van der Waals surface area (Å²) < 4.78 is 12.9. The van der Waals surface area contributed by atoms with E-state index >= 15 is 0 Å². The predicted octanol–water partition coefficient (Wildman–Crippen LogP) is 2.03. The van der Waals surface area contributed by atoms with E-state index in [9.17, 15) is 0 Å². The van der Waals surface area contributed by atoms with Gasteiger partial charge in [0.1, 0.15) is 5.82 Å². The molecular weight excluding hydrogens is 366 g/mol. The van der Waals surface area contributed by atoms with Crippen LogP contribution in [0.3, 0.4) is 0 Å². The summed E-state index contributed by atoms with van der Waals surface area (Å²) in [6, 6.07) is 10.5. The molecule has 2 aromatic rings. The minimum absolute atomic E-state index is 0.551. The molecule has 29 heavy (non-hydrogen) atoms. The maximum absolute atomic E-state index is 5.69. The summed E-state index contributed by atoms with van der Waals surface area (Å²) in [5.74, 6) is 2.60. The lowest BCUT2D eigenvalue weighted by atomic mass is 10.1. The summed E-state index contributed by atoms with van der Waals surface area (Å²) in [7, 11) is 3.55. The fourth-order valence-electron chi connectivity index (χ4n) is 3.66. The number of imidazole rings is 1. The van der Waals surface area contributed by atoms with E-state index in [0.29, 0.717) is 19.1 Å². The van der Waals surface area contributed by atoms with Gasteiger partial charge in [-0.2, -0.15) is 0 Å². The van der Waals surface area contributed by atoms with Crippen molar-refractivity contribution in [1.29, 1.82) is 0 Å². The summed E-state index contributed by atoms with van der Waals surface area (Å²) in [5, 5.41) is 3.50. The van der Waals surface area contributed by atoms with Crippen LogP contribution < -0.4 is 5.32 Å². The molecule has 7 heteroatoms. The standard InChI is InChI=1S/C22H33N5O2/c1-23-22(27-12-9-20(17-27)18-29-15-14-28-2)25-10-8-21-24-11-13-26(21)16-19-6-4-3-5-7-19/h3-7,11,13,20H,8-10,12,14-18H2,1-2H3,(H,23,25). The van der Waals surface area contributed by atoms with Gasteiger partial charge in [0.05, 0.1) is 19.8 Å². The van der Waals surface area contributed by atoms with E-state index in [1.54, 1.807) is 7.11 Å². The van der Waals surface area contributed by atoms with E-state index < -0.39 is 0 Å². The molecule has 3 rings (SSSR count). The average molecular weight is 400 g/mol. The van der Waals surface area contributed by atoms with Gasteiger partial charge in [-0.05, 0) is 12.0 Å². The third-order valence-corrected chi connectivity index (χ3v) is 5.21. The first kappa shape index (κ1) is 21.3. The van der Waals surface area contributed by atoms with Crippen LogP contribution in [0.2, 0.25) is 0 Å². The van der Waals surface area contributed by atoms with Crippen LogP contribution in [-0.2, 0) is 22.4 Å². The van der Waals surface area contributed by atoms with Crippen LogP contribution >= 0.6 is 0 Å². The molecular formula is C22H33N5O2. The Balaban J connectivity index is 1.42. The Hall–Kier alpha value is -2.38. The Bertz CT molecular complexity index is 747. The summed E-state index contributed by atoms with van der Waals surface area (Å²) in [4.78, 5) is 11.3. The number of likely N-dealkylation sites (tertiary alicyclic amines) is 1. The number of aliphatic imine (C=N–C) groups is 1. The van der Waals surface area contributed by atoms with Gasteiger partial charge in [0.15, 0.2) is 5.96 Å². The Kier molecular flexibility index (Phi) is 8.52. The minimum atomic E-state index is 0.551. The molecule has 1 aliphatic heterocycles. The van der Waals surface area contributed by atoms with Gasteiger partial charge in [0, 0.05) is 65.1 Å². The molecule has 0 bridgehead atoms. The van der Waals surface area contributed by atoms with Crippen LogP contribution in [0.4, 0.5) is 0 Å². The van der Waals surface area contributed by atoms with Crippen LogP contribution in [-0.4, -0.2) is 74.0 Å². The van der Waals surface area contributed by atoms with Gasteiger partial charge in [-0.25, -0.2) is 4.98 Å². The number of nitrogens with zero attached hydrogens (tertiary/aromatic N) is 4. The van der Waals surface area contributed by atoms with E-state index in [1.165, 1.54) is 5.56 Å². The smallest absolute Gasteiger partial charge is 0.193 e. The van der Waals surface area contributed by atoms with Crippen molar-refractivity contribution in [3.63, 3.8) is 0 Å². The molecule has 0 saturated carbocycles. The maximum atomic E-state index is 5.69. The zero-order chi connectivity index (χ0) is 20.3. The lowest BCUT2D eigenvalue weighted by Crippen LogP contribution is -2.41. The number of aromatic nitrogens is 2. The number of benzene rings is 1. The second-order valence-corrected chi connectivity index (χ2v) is 7.35. The third-order valence-electron chi connectivity index (χ3n) is 5.21. The molecule has 1 aromatic heterocycles. The van der Waals surface area contributed by atoms with Gasteiger partial charge in [0.25, 0.3) is 0 Å². The molecule has 0 radical (unpaired) electrons. The first-order valence-corrected chi connectivity index (χ1v) is 10.4. The zero-order valence-corrected chi connectivity index (χ0v) is 17.6. The number of hydrogen-bond donors (Lipinski definition) is 1. The molecule has 0 amide bonds. The molecule has 1 unspecified atom stereocenters.